The maximum Gasteiger partial charge on any atom is 0.284 e. The van der Waals surface area contributed by atoms with Gasteiger partial charge in [-0.15, -0.1) is 5.10 Å². The molecule has 23 heavy (non-hydrogen) atoms. The Bertz CT molecular complexity index is 765. The summed E-state index contributed by atoms with van der Waals surface area (Å²) >= 11 is 4.88. The Morgan fingerprint density at radius 3 is 2.74 bits per heavy atom. The summed E-state index contributed by atoms with van der Waals surface area (Å²) in [5.41, 5.74) is 1.54. The van der Waals surface area contributed by atoms with E-state index in [2.05, 4.69) is 15.1 Å². The topological polar surface area (TPSA) is 62.1 Å². The van der Waals surface area contributed by atoms with Crippen molar-refractivity contribution in [1.82, 2.24) is 15.1 Å². The molecule has 1 saturated heterocycles. The van der Waals surface area contributed by atoms with Crippen molar-refractivity contribution in [2.75, 3.05) is 6.54 Å². The van der Waals surface area contributed by atoms with E-state index in [9.17, 15) is 4.79 Å². The average molecular weight is 329 g/mol. The van der Waals surface area contributed by atoms with Gasteiger partial charge in [-0.2, -0.15) is 0 Å². The number of carbonyl (C=O) groups excluding carboxylic acids is 1. The van der Waals surface area contributed by atoms with E-state index in [0.29, 0.717) is 17.9 Å². The molecule has 1 amide bonds. The SMILES string of the molecule is O=C(c1ccc(-c2n[nH]c(=S)o2)cc1)N1CC[C@H]2CCCC[C@H]21. The number of nitrogens with zero attached hydrogens (tertiary/aromatic N) is 2. The number of rotatable bonds is 2. The fourth-order valence-electron chi connectivity index (χ4n) is 3.93. The highest BCUT2D eigenvalue weighted by molar-refractivity contribution is 7.71. The largest absolute Gasteiger partial charge is 0.409 e. The molecule has 1 aromatic heterocycles. The summed E-state index contributed by atoms with van der Waals surface area (Å²) in [6, 6.07) is 7.86. The summed E-state index contributed by atoms with van der Waals surface area (Å²) in [4.78, 5) is 15.2. The van der Waals surface area contributed by atoms with Gasteiger partial charge in [0.15, 0.2) is 0 Å². The van der Waals surface area contributed by atoms with Crippen LogP contribution in [0.4, 0.5) is 0 Å². The van der Waals surface area contributed by atoms with Gasteiger partial charge >= 0.3 is 0 Å². The first-order valence-corrected chi connectivity index (χ1v) is 8.60. The zero-order valence-corrected chi connectivity index (χ0v) is 13.6. The van der Waals surface area contributed by atoms with E-state index in [4.69, 9.17) is 16.6 Å². The second-order valence-electron chi connectivity index (χ2n) is 6.39. The van der Waals surface area contributed by atoms with Gasteiger partial charge in [0.05, 0.1) is 0 Å². The highest BCUT2D eigenvalue weighted by Gasteiger charge is 2.38. The number of H-pyrrole nitrogens is 1. The molecule has 2 aliphatic rings. The number of carbonyl (C=O) groups is 1. The molecule has 0 radical (unpaired) electrons. The highest BCUT2D eigenvalue weighted by Crippen LogP contribution is 2.36. The van der Waals surface area contributed by atoms with Gasteiger partial charge in [0.2, 0.25) is 5.89 Å². The fraction of sp³-hybridized carbons (Fsp3) is 0.471. The van der Waals surface area contributed by atoms with Crippen LogP contribution in [0.3, 0.4) is 0 Å². The Kier molecular flexibility index (Phi) is 3.77. The number of fused-ring (bicyclic) bond motifs is 1. The van der Waals surface area contributed by atoms with Crippen LogP contribution in [-0.2, 0) is 0 Å². The van der Waals surface area contributed by atoms with Crippen molar-refractivity contribution in [3.63, 3.8) is 0 Å². The van der Waals surface area contributed by atoms with Gasteiger partial charge in [-0.3, -0.25) is 4.79 Å². The Labute approximate surface area is 139 Å². The minimum absolute atomic E-state index is 0.147. The summed E-state index contributed by atoms with van der Waals surface area (Å²) in [6.07, 6.45) is 6.14. The summed E-state index contributed by atoms with van der Waals surface area (Å²) in [5, 5.41) is 6.60. The molecule has 2 aromatic rings. The van der Waals surface area contributed by atoms with Crippen molar-refractivity contribution >= 4 is 18.1 Å². The van der Waals surface area contributed by atoms with E-state index in [0.717, 1.165) is 30.5 Å². The van der Waals surface area contributed by atoms with E-state index < -0.39 is 0 Å². The quantitative estimate of drug-likeness (QED) is 0.851. The number of likely N-dealkylation sites (tertiary alicyclic amines) is 1. The van der Waals surface area contributed by atoms with E-state index >= 15 is 0 Å². The van der Waals surface area contributed by atoms with Crippen LogP contribution in [-0.4, -0.2) is 33.6 Å². The Balaban J connectivity index is 1.53. The van der Waals surface area contributed by atoms with E-state index in [1.165, 1.54) is 19.3 Å². The summed E-state index contributed by atoms with van der Waals surface area (Å²) < 4.78 is 5.29. The first kappa shape index (κ1) is 14.6. The van der Waals surface area contributed by atoms with Gasteiger partial charge in [0, 0.05) is 23.7 Å². The van der Waals surface area contributed by atoms with Crippen LogP contribution in [0, 0.1) is 10.8 Å². The molecule has 2 fully saturated rings. The Hall–Kier alpha value is -1.95. The number of amides is 1. The number of hydrogen-bond donors (Lipinski definition) is 1. The van der Waals surface area contributed by atoms with Gasteiger partial charge in [-0.05, 0) is 61.7 Å². The van der Waals surface area contributed by atoms with E-state index in [-0.39, 0.29) is 10.7 Å². The molecular weight excluding hydrogens is 310 g/mol. The van der Waals surface area contributed by atoms with Crippen molar-refractivity contribution < 1.29 is 9.21 Å². The van der Waals surface area contributed by atoms with Crippen LogP contribution in [0.25, 0.3) is 11.5 Å². The predicted octanol–water partition coefficient (Wildman–Crippen LogP) is 3.80. The standard InChI is InChI=1S/C17H19N3O2S/c21-16(20-10-9-11-3-1-2-4-14(11)20)13-7-5-12(6-8-13)15-18-19-17(23)22-15/h5-8,11,14H,1-4,9-10H2,(H,19,23)/t11-,14-/m1/s1. The number of benzene rings is 1. The molecule has 0 bridgehead atoms. The zero-order valence-electron chi connectivity index (χ0n) is 12.8. The summed E-state index contributed by atoms with van der Waals surface area (Å²) in [6.45, 7) is 0.893. The normalized spacial score (nSPS) is 23.7. The lowest BCUT2D eigenvalue weighted by molar-refractivity contribution is 0.0690. The Morgan fingerprint density at radius 2 is 2.00 bits per heavy atom. The molecule has 4 rings (SSSR count). The predicted molar refractivity (Wildman–Crippen MR) is 88.5 cm³/mol. The van der Waals surface area contributed by atoms with E-state index in [1.807, 2.05) is 24.3 Å². The number of aromatic amines is 1. The van der Waals surface area contributed by atoms with Crippen molar-refractivity contribution in [3.8, 4) is 11.5 Å². The maximum absolute atomic E-state index is 12.8. The molecule has 2 atom stereocenters. The van der Waals surface area contributed by atoms with Crippen molar-refractivity contribution in [2.24, 2.45) is 5.92 Å². The maximum atomic E-state index is 12.8. The number of nitrogens with one attached hydrogen (secondary N) is 1. The van der Waals surface area contributed by atoms with Crippen LogP contribution in [0.1, 0.15) is 42.5 Å². The second kappa shape index (κ2) is 5.92. The third-order valence-corrected chi connectivity index (χ3v) is 5.26. The van der Waals surface area contributed by atoms with Gasteiger partial charge in [-0.1, -0.05) is 12.8 Å². The smallest absolute Gasteiger partial charge is 0.284 e. The van der Waals surface area contributed by atoms with Crippen LogP contribution in [0.15, 0.2) is 28.7 Å². The van der Waals surface area contributed by atoms with Crippen molar-refractivity contribution in [2.45, 2.75) is 38.1 Å². The molecule has 0 spiro atoms. The number of aromatic nitrogens is 2. The van der Waals surface area contributed by atoms with Crippen LogP contribution in [0.5, 0.6) is 0 Å². The molecule has 120 valence electrons. The fourth-order valence-corrected chi connectivity index (χ4v) is 4.06. The van der Waals surface area contributed by atoms with Crippen LogP contribution in [0.2, 0.25) is 0 Å². The molecular formula is C17H19N3O2S. The lowest BCUT2D eigenvalue weighted by Crippen LogP contribution is -2.39. The average Bonchev–Trinajstić information content (AvgIpc) is 3.21. The molecule has 6 heteroatoms. The molecule has 5 nitrogen and oxygen atoms in total. The van der Waals surface area contributed by atoms with Gasteiger partial charge in [0.1, 0.15) is 0 Å². The summed E-state index contributed by atoms with van der Waals surface area (Å²) in [5.74, 6) is 1.30. The van der Waals surface area contributed by atoms with Crippen LogP contribution < -0.4 is 0 Å². The van der Waals surface area contributed by atoms with Gasteiger partial charge < -0.3 is 9.32 Å². The highest BCUT2D eigenvalue weighted by atomic mass is 32.1. The zero-order chi connectivity index (χ0) is 15.8. The third-order valence-electron chi connectivity index (χ3n) is 5.09. The Morgan fingerprint density at radius 1 is 1.22 bits per heavy atom. The van der Waals surface area contributed by atoms with Crippen molar-refractivity contribution in [1.29, 1.82) is 0 Å². The first-order valence-electron chi connectivity index (χ1n) is 8.19. The third kappa shape index (κ3) is 2.72. The molecule has 1 aromatic carbocycles. The first-order chi connectivity index (χ1) is 11.2. The van der Waals surface area contributed by atoms with Crippen LogP contribution >= 0.6 is 12.2 Å². The van der Waals surface area contributed by atoms with Gasteiger partial charge in [0.25, 0.3) is 10.7 Å². The molecule has 1 N–H and O–H groups in total. The second-order valence-corrected chi connectivity index (χ2v) is 6.77. The molecule has 1 aliphatic carbocycles. The summed E-state index contributed by atoms with van der Waals surface area (Å²) in [7, 11) is 0. The monoisotopic (exact) mass is 329 g/mol. The molecule has 1 aliphatic heterocycles. The minimum Gasteiger partial charge on any atom is -0.409 e. The lowest BCUT2D eigenvalue weighted by atomic mass is 9.85. The van der Waals surface area contributed by atoms with Crippen molar-refractivity contribution in [3.05, 3.63) is 34.7 Å². The van der Waals surface area contributed by atoms with E-state index in [1.54, 1.807) is 0 Å². The molecule has 2 heterocycles. The molecule has 0 unspecified atom stereocenters. The minimum atomic E-state index is 0.147. The number of hydrogen-bond acceptors (Lipinski definition) is 4. The van der Waals surface area contributed by atoms with Gasteiger partial charge in [-0.25, -0.2) is 5.10 Å². The lowest BCUT2D eigenvalue weighted by Gasteiger charge is -2.31. The molecule has 1 saturated carbocycles.